The van der Waals surface area contributed by atoms with E-state index in [2.05, 4.69) is 12.2 Å². The van der Waals surface area contributed by atoms with E-state index in [1.54, 1.807) is 6.07 Å². The van der Waals surface area contributed by atoms with Gasteiger partial charge in [0.15, 0.2) is 0 Å². The summed E-state index contributed by atoms with van der Waals surface area (Å²) in [5.41, 5.74) is 8.05. The molecule has 0 heterocycles. The Morgan fingerprint density at radius 1 is 1.38 bits per heavy atom. The molecular weight excluding hydrogens is 220 g/mol. The number of rotatable bonds is 4. The summed E-state index contributed by atoms with van der Waals surface area (Å²) in [6.07, 6.45) is 5.13. The molecule has 3 heteroatoms. The van der Waals surface area contributed by atoms with Crippen molar-refractivity contribution in [1.29, 1.82) is 0 Å². The van der Waals surface area contributed by atoms with Gasteiger partial charge in [0, 0.05) is 22.8 Å². The summed E-state index contributed by atoms with van der Waals surface area (Å²) in [6.45, 7) is 3.11. The van der Waals surface area contributed by atoms with Crippen molar-refractivity contribution in [3.8, 4) is 0 Å². The van der Waals surface area contributed by atoms with Crippen LogP contribution >= 0.6 is 11.6 Å². The predicted octanol–water partition coefficient (Wildman–Crippen LogP) is 3.34. The van der Waals surface area contributed by atoms with Crippen LogP contribution in [0.4, 0.5) is 5.69 Å². The first-order chi connectivity index (χ1) is 7.63. The highest BCUT2D eigenvalue weighted by Crippen LogP contribution is 2.35. The summed E-state index contributed by atoms with van der Waals surface area (Å²) < 4.78 is 0. The van der Waals surface area contributed by atoms with E-state index in [1.807, 2.05) is 12.1 Å². The first-order valence-electron chi connectivity index (χ1n) is 5.93. The molecule has 2 rings (SSSR count). The Hall–Kier alpha value is -0.730. The van der Waals surface area contributed by atoms with Gasteiger partial charge in [-0.25, -0.2) is 0 Å². The normalized spacial score (nSPS) is 18.1. The summed E-state index contributed by atoms with van der Waals surface area (Å²) in [4.78, 5) is 0. The average molecular weight is 239 g/mol. The summed E-state index contributed by atoms with van der Waals surface area (Å²) in [6, 6.07) is 5.75. The van der Waals surface area contributed by atoms with Gasteiger partial charge in [-0.3, -0.25) is 0 Å². The molecule has 1 aliphatic rings. The zero-order valence-electron chi connectivity index (χ0n) is 9.72. The van der Waals surface area contributed by atoms with Crippen molar-refractivity contribution in [2.45, 2.75) is 44.7 Å². The Bertz CT molecular complexity index is 346. The third kappa shape index (κ3) is 2.50. The topological polar surface area (TPSA) is 38.0 Å². The third-order valence-electron chi connectivity index (χ3n) is 3.63. The van der Waals surface area contributed by atoms with E-state index in [9.17, 15) is 0 Å². The standard InChI is InChI=1S/C13H19ClN2/c1-2-13(4-3-5-13)16-9-10-6-11(14)8-12(15)7-10/h6-8,16H,2-5,9,15H2,1H3. The second-order valence-electron chi connectivity index (χ2n) is 4.73. The van der Waals surface area contributed by atoms with Crippen LogP contribution in [0, 0.1) is 0 Å². The molecule has 0 aliphatic heterocycles. The molecule has 0 unspecified atom stereocenters. The minimum atomic E-state index is 0.372. The fourth-order valence-electron chi connectivity index (χ4n) is 2.33. The van der Waals surface area contributed by atoms with Gasteiger partial charge in [-0.2, -0.15) is 0 Å². The van der Waals surface area contributed by atoms with Gasteiger partial charge in [0.1, 0.15) is 0 Å². The SMILES string of the molecule is CCC1(NCc2cc(N)cc(Cl)c2)CCC1. The minimum Gasteiger partial charge on any atom is -0.399 e. The Balaban J connectivity index is 1.98. The Morgan fingerprint density at radius 2 is 2.12 bits per heavy atom. The maximum absolute atomic E-state index is 5.97. The fourth-order valence-corrected chi connectivity index (χ4v) is 2.59. The van der Waals surface area contributed by atoms with E-state index >= 15 is 0 Å². The average Bonchev–Trinajstić information content (AvgIpc) is 2.15. The molecule has 0 spiro atoms. The van der Waals surface area contributed by atoms with E-state index in [4.69, 9.17) is 17.3 Å². The summed E-state index contributed by atoms with van der Waals surface area (Å²) in [5, 5.41) is 4.36. The monoisotopic (exact) mass is 238 g/mol. The maximum Gasteiger partial charge on any atom is 0.0429 e. The lowest BCUT2D eigenvalue weighted by atomic mass is 9.75. The minimum absolute atomic E-state index is 0.372. The van der Waals surface area contributed by atoms with Crippen LogP contribution in [0.5, 0.6) is 0 Å². The molecule has 2 nitrogen and oxygen atoms in total. The second-order valence-corrected chi connectivity index (χ2v) is 5.17. The molecule has 0 saturated heterocycles. The Morgan fingerprint density at radius 3 is 2.62 bits per heavy atom. The fraction of sp³-hybridized carbons (Fsp3) is 0.538. The van der Waals surface area contributed by atoms with Crippen molar-refractivity contribution in [2.75, 3.05) is 5.73 Å². The highest BCUT2D eigenvalue weighted by molar-refractivity contribution is 6.30. The van der Waals surface area contributed by atoms with Crippen LogP contribution in [0.25, 0.3) is 0 Å². The van der Waals surface area contributed by atoms with Crippen LogP contribution in [-0.4, -0.2) is 5.54 Å². The maximum atomic E-state index is 5.97. The smallest absolute Gasteiger partial charge is 0.0429 e. The first kappa shape index (κ1) is 11.7. The molecule has 0 amide bonds. The van der Waals surface area contributed by atoms with E-state index in [0.717, 1.165) is 17.3 Å². The molecule has 1 aliphatic carbocycles. The Kier molecular flexibility index (Phi) is 3.41. The van der Waals surface area contributed by atoms with Gasteiger partial charge in [0.2, 0.25) is 0 Å². The molecule has 3 N–H and O–H groups in total. The van der Waals surface area contributed by atoms with Crippen molar-refractivity contribution < 1.29 is 0 Å². The van der Waals surface area contributed by atoms with Gasteiger partial charge in [-0.05, 0) is 49.4 Å². The lowest BCUT2D eigenvalue weighted by molar-refractivity contribution is 0.175. The van der Waals surface area contributed by atoms with Crippen LogP contribution in [-0.2, 0) is 6.54 Å². The summed E-state index contributed by atoms with van der Waals surface area (Å²) >= 11 is 5.97. The molecule has 1 saturated carbocycles. The number of anilines is 1. The molecule has 0 atom stereocenters. The first-order valence-corrected chi connectivity index (χ1v) is 6.31. The lowest BCUT2D eigenvalue weighted by Gasteiger charge is -2.42. The molecule has 0 aromatic heterocycles. The molecule has 1 fully saturated rings. The highest BCUT2D eigenvalue weighted by atomic mass is 35.5. The lowest BCUT2D eigenvalue weighted by Crippen LogP contribution is -2.49. The molecule has 0 bridgehead atoms. The van der Waals surface area contributed by atoms with E-state index in [0.29, 0.717) is 5.54 Å². The molecule has 0 radical (unpaired) electrons. The van der Waals surface area contributed by atoms with Gasteiger partial charge in [0.25, 0.3) is 0 Å². The van der Waals surface area contributed by atoms with Crippen LogP contribution in [0.1, 0.15) is 38.2 Å². The van der Waals surface area contributed by atoms with E-state index < -0.39 is 0 Å². The largest absolute Gasteiger partial charge is 0.399 e. The number of hydrogen-bond donors (Lipinski definition) is 2. The van der Waals surface area contributed by atoms with E-state index in [1.165, 1.54) is 31.2 Å². The van der Waals surface area contributed by atoms with Crippen molar-refractivity contribution in [2.24, 2.45) is 0 Å². The van der Waals surface area contributed by atoms with Gasteiger partial charge < -0.3 is 11.1 Å². The third-order valence-corrected chi connectivity index (χ3v) is 3.85. The van der Waals surface area contributed by atoms with Crippen LogP contribution in [0.15, 0.2) is 18.2 Å². The molecule has 1 aromatic rings. The van der Waals surface area contributed by atoms with Crippen LogP contribution < -0.4 is 11.1 Å². The number of benzene rings is 1. The van der Waals surface area contributed by atoms with Crippen molar-refractivity contribution in [1.82, 2.24) is 5.32 Å². The number of nitrogens with one attached hydrogen (secondary N) is 1. The zero-order valence-corrected chi connectivity index (χ0v) is 10.5. The summed E-state index contributed by atoms with van der Waals surface area (Å²) in [5.74, 6) is 0. The van der Waals surface area contributed by atoms with Crippen molar-refractivity contribution in [3.05, 3.63) is 28.8 Å². The zero-order chi connectivity index (χ0) is 11.6. The quantitative estimate of drug-likeness (QED) is 0.790. The highest BCUT2D eigenvalue weighted by Gasteiger charge is 2.34. The van der Waals surface area contributed by atoms with Gasteiger partial charge >= 0.3 is 0 Å². The van der Waals surface area contributed by atoms with Crippen LogP contribution in [0.2, 0.25) is 5.02 Å². The second kappa shape index (κ2) is 4.64. The van der Waals surface area contributed by atoms with Gasteiger partial charge in [-0.1, -0.05) is 18.5 Å². The molecular formula is C13H19ClN2. The van der Waals surface area contributed by atoms with Gasteiger partial charge in [-0.15, -0.1) is 0 Å². The molecule has 88 valence electrons. The van der Waals surface area contributed by atoms with Crippen LogP contribution in [0.3, 0.4) is 0 Å². The number of hydrogen-bond acceptors (Lipinski definition) is 2. The van der Waals surface area contributed by atoms with Gasteiger partial charge in [0.05, 0.1) is 0 Å². The summed E-state index contributed by atoms with van der Waals surface area (Å²) in [7, 11) is 0. The number of nitrogens with two attached hydrogens (primary N) is 1. The predicted molar refractivity (Wildman–Crippen MR) is 69.6 cm³/mol. The van der Waals surface area contributed by atoms with Crippen molar-refractivity contribution >= 4 is 17.3 Å². The number of nitrogen functional groups attached to an aromatic ring is 1. The van der Waals surface area contributed by atoms with Crippen molar-refractivity contribution in [3.63, 3.8) is 0 Å². The Labute approximate surface area is 102 Å². The molecule has 16 heavy (non-hydrogen) atoms. The molecule has 1 aromatic carbocycles. The number of halogens is 1. The van der Waals surface area contributed by atoms with E-state index in [-0.39, 0.29) is 0 Å².